The third kappa shape index (κ3) is 3.08. The molecule has 1 aliphatic rings. The second kappa shape index (κ2) is 5.49. The Labute approximate surface area is 113 Å². The number of benzene rings is 1. The van der Waals surface area contributed by atoms with Crippen molar-refractivity contribution in [3.63, 3.8) is 0 Å². The zero-order valence-electron chi connectivity index (χ0n) is 9.57. The normalized spacial score (nSPS) is 14.9. The van der Waals surface area contributed by atoms with Gasteiger partial charge in [0.25, 0.3) is 0 Å². The highest BCUT2D eigenvalue weighted by Gasteiger charge is 2.21. The molecule has 0 unspecified atom stereocenters. The number of hydrogen-bond donors (Lipinski definition) is 3. The summed E-state index contributed by atoms with van der Waals surface area (Å²) >= 11 is 3.26. The fourth-order valence-corrected chi connectivity index (χ4v) is 2.12. The van der Waals surface area contributed by atoms with E-state index in [-0.39, 0.29) is 11.5 Å². The van der Waals surface area contributed by atoms with Crippen LogP contribution in [0.5, 0.6) is 0 Å². The first-order chi connectivity index (χ1) is 8.56. The number of halogens is 1. The van der Waals surface area contributed by atoms with Gasteiger partial charge >= 0.3 is 5.97 Å². The topological polar surface area (TPSA) is 78.4 Å². The highest BCUT2D eigenvalue weighted by atomic mass is 79.9. The van der Waals surface area contributed by atoms with Gasteiger partial charge in [-0.3, -0.25) is 4.79 Å². The van der Waals surface area contributed by atoms with Gasteiger partial charge in [-0.15, -0.1) is 0 Å². The Morgan fingerprint density at radius 3 is 2.72 bits per heavy atom. The minimum atomic E-state index is -1.05. The summed E-state index contributed by atoms with van der Waals surface area (Å²) in [7, 11) is 0. The minimum Gasteiger partial charge on any atom is -0.478 e. The van der Waals surface area contributed by atoms with Crippen LogP contribution in [0.4, 0.5) is 5.69 Å². The highest BCUT2D eigenvalue weighted by Crippen LogP contribution is 2.22. The monoisotopic (exact) mass is 312 g/mol. The van der Waals surface area contributed by atoms with Gasteiger partial charge < -0.3 is 15.7 Å². The second-order valence-corrected chi connectivity index (χ2v) is 5.19. The summed E-state index contributed by atoms with van der Waals surface area (Å²) in [6.45, 7) is 1.69. The molecule has 0 atom stereocenters. The molecular weight excluding hydrogens is 300 g/mol. The Morgan fingerprint density at radius 2 is 2.17 bits per heavy atom. The van der Waals surface area contributed by atoms with E-state index in [4.69, 9.17) is 5.11 Å². The van der Waals surface area contributed by atoms with Gasteiger partial charge in [0.05, 0.1) is 11.3 Å². The average Bonchev–Trinajstić information content (AvgIpc) is 2.23. The van der Waals surface area contributed by atoms with Crippen LogP contribution in [0.2, 0.25) is 0 Å². The van der Waals surface area contributed by atoms with Crippen LogP contribution in [0.15, 0.2) is 22.7 Å². The van der Waals surface area contributed by atoms with E-state index >= 15 is 0 Å². The van der Waals surface area contributed by atoms with Gasteiger partial charge in [0.15, 0.2) is 0 Å². The van der Waals surface area contributed by atoms with Crippen LogP contribution in [-0.4, -0.2) is 30.1 Å². The quantitative estimate of drug-likeness (QED) is 0.790. The summed E-state index contributed by atoms with van der Waals surface area (Å²) in [5, 5.41) is 14.8. The SMILES string of the molecule is O=C(CC1CNC1)Nc1cc(Br)ccc1C(=O)O. The number of carbonyl (C=O) groups is 2. The molecule has 3 N–H and O–H groups in total. The molecule has 0 saturated carbocycles. The summed E-state index contributed by atoms with van der Waals surface area (Å²) < 4.78 is 0.730. The standard InChI is InChI=1S/C12H13BrN2O3/c13-8-1-2-9(12(17)18)10(4-8)15-11(16)3-7-5-14-6-7/h1-2,4,7,14H,3,5-6H2,(H,15,16)(H,17,18). The largest absolute Gasteiger partial charge is 0.478 e. The lowest BCUT2D eigenvalue weighted by Gasteiger charge is -2.26. The number of carbonyl (C=O) groups excluding carboxylic acids is 1. The van der Waals surface area contributed by atoms with E-state index in [0.29, 0.717) is 18.0 Å². The van der Waals surface area contributed by atoms with Crippen molar-refractivity contribution in [3.05, 3.63) is 28.2 Å². The van der Waals surface area contributed by atoms with Gasteiger partial charge in [-0.05, 0) is 37.2 Å². The van der Waals surface area contributed by atoms with Crippen LogP contribution < -0.4 is 10.6 Å². The second-order valence-electron chi connectivity index (χ2n) is 4.27. The molecule has 1 aromatic rings. The van der Waals surface area contributed by atoms with E-state index in [1.807, 2.05) is 0 Å². The predicted molar refractivity (Wildman–Crippen MR) is 70.7 cm³/mol. The Balaban J connectivity index is 2.08. The molecule has 1 saturated heterocycles. The molecule has 0 aliphatic carbocycles. The Morgan fingerprint density at radius 1 is 1.44 bits per heavy atom. The molecular formula is C12H13BrN2O3. The number of carboxylic acids is 1. The van der Waals surface area contributed by atoms with Crippen LogP contribution in [0, 0.1) is 5.92 Å². The predicted octanol–water partition coefficient (Wildman–Crippen LogP) is 1.70. The van der Waals surface area contributed by atoms with Crippen molar-refractivity contribution >= 4 is 33.5 Å². The molecule has 0 aromatic heterocycles. The molecule has 96 valence electrons. The van der Waals surface area contributed by atoms with E-state index in [0.717, 1.165) is 17.6 Å². The van der Waals surface area contributed by atoms with Gasteiger partial charge in [0, 0.05) is 10.9 Å². The van der Waals surface area contributed by atoms with Gasteiger partial charge in [0.1, 0.15) is 0 Å². The molecule has 1 heterocycles. The van der Waals surface area contributed by atoms with Crippen molar-refractivity contribution in [1.29, 1.82) is 0 Å². The first-order valence-electron chi connectivity index (χ1n) is 5.59. The first kappa shape index (κ1) is 13.0. The third-order valence-corrected chi connectivity index (χ3v) is 3.32. The number of amides is 1. The number of anilines is 1. The molecule has 2 rings (SSSR count). The Kier molecular flexibility index (Phi) is 3.98. The van der Waals surface area contributed by atoms with E-state index in [2.05, 4.69) is 26.6 Å². The highest BCUT2D eigenvalue weighted by molar-refractivity contribution is 9.10. The van der Waals surface area contributed by atoms with E-state index in [1.54, 1.807) is 12.1 Å². The summed E-state index contributed by atoms with van der Waals surface area (Å²) in [5.74, 6) is -0.851. The number of hydrogen-bond acceptors (Lipinski definition) is 3. The number of aromatic carboxylic acids is 1. The lowest BCUT2D eigenvalue weighted by Crippen LogP contribution is -2.43. The van der Waals surface area contributed by atoms with Crippen molar-refractivity contribution < 1.29 is 14.7 Å². The number of carboxylic acid groups (broad SMARTS) is 1. The summed E-state index contributed by atoms with van der Waals surface area (Å²) in [6.07, 6.45) is 0.415. The fourth-order valence-electron chi connectivity index (χ4n) is 1.76. The van der Waals surface area contributed by atoms with Gasteiger partial charge in [-0.1, -0.05) is 15.9 Å². The van der Waals surface area contributed by atoms with Crippen molar-refractivity contribution in [2.45, 2.75) is 6.42 Å². The Bertz CT molecular complexity index is 486. The lowest BCUT2D eigenvalue weighted by molar-refractivity contribution is -0.117. The van der Waals surface area contributed by atoms with Crippen LogP contribution in [0.3, 0.4) is 0 Å². The maximum Gasteiger partial charge on any atom is 0.337 e. The van der Waals surface area contributed by atoms with Gasteiger partial charge in [0.2, 0.25) is 5.91 Å². The number of rotatable bonds is 4. The number of nitrogens with one attached hydrogen (secondary N) is 2. The van der Waals surface area contributed by atoms with Crippen LogP contribution >= 0.6 is 15.9 Å². The van der Waals surface area contributed by atoms with Crippen molar-refractivity contribution in [1.82, 2.24) is 5.32 Å². The molecule has 5 nitrogen and oxygen atoms in total. The molecule has 1 aromatic carbocycles. The summed E-state index contributed by atoms with van der Waals surface area (Å²) in [5.41, 5.74) is 0.424. The fraction of sp³-hybridized carbons (Fsp3) is 0.333. The summed E-state index contributed by atoms with van der Waals surface area (Å²) in [6, 6.07) is 4.70. The first-order valence-corrected chi connectivity index (χ1v) is 6.39. The van der Waals surface area contributed by atoms with E-state index < -0.39 is 5.97 Å². The average molecular weight is 313 g/mol. The zero-order chi connectivity index (χ0) is 13.1. The Hall–Kier alpha value is -1.40. The van der Waals surface area contributed by atoms with Gasteiger partial charge in [-0.25, -0.2) is 4.79 Å². The van der Waals surface area contributed by atoms with Crippen molar-refractivity contribution in [2.75, 3.05) is 18.4 Å². The van der Waals surface area contributed by atoms with Crippen LogP contribution in [-0.2, 0) is 4.79 Å². The maximum atomic E-state index is 11.8. The molecule has 1 aliphatic heterocycles. The van der Waals surface area contributed by atoms with Crippen molar-refractivity contribution in [3.8, 4) is 0 Å². The van der Waals surface area contributed by atoms with E-state index in [1.165, 1.54) is 6.07 Å². The molecule has 0 radical (unpaired) electrons. The molecule has 18 heavy (non-hydrogen) atoms. The molecule has 1 amide bonds. The molecule has 1 fully saturated rings. The van der Waals surface area contributed by atoms with Gasteiger partial charge in [-0.2, -0.15) is 0 Å². The molecule has 6 heteroatoms. The maximum absolute atomic E-state index is 11.8. The van der Waals surface area contributed by atoms with Crippen molar-refractivity contribution in [2.24, 2.45) is 5.92 Å². The lowest BCUT2D eigenvalue weighted by atomic mass is 9.99. The molecule has 0 bridgehead atoms. The third-order valence-electron chi connectivity index (χ3n) is 2.83. The van der Waals surface area contributed by atoms with Crippen LogP contribution in [0.25, 0.3) is 0 Å². The van der Waals surface area contributed by atoms with E-state index in [9.17, 15) is 9.59 Å². The van der Waals surface area contributed by atoms with Crippen LogP contribution in [0.1, 0.15) is 16.8 Å². The minimum absolute atomic E-state index is 0.0956. The smallest absolute Gasteiger partial charge is 0.337 e. The molecule has 0 spiro atoms. The summed E-state index contributed by atoms with van der Waals surface area (Å²) in [4.78, 5) is 22.8. The zero-order valence-corrected chi connectivity index (χ0v) is 11.2.